The highest BCUT2D eigenvalue weighted by Crippen LogP contribution is 2.31. The topological polar surface area (TPSA) is 40.5 Å². The molecule has 0 saturated heterocycles. The van der Waals surface area contributed by atoms with E-state index in [4.69, 9.17) is 0 Å². The zero-order valence-electron chi connectivity index (χ0n) is 13.2. The molecule has 2 aromatic carbocycles. The number of carbonyl (C=O) groups is 1. The van der Waals surface area contributed by atoms with Crippen LogP contribution in [0.4, 0.5) is 4.39 Å². The van der Waals surface area contributed by atoms with Gasteiger partial charge in [-0.1, -0.05) is 43.0 Å². The number of halogens is 1. The maximum atomic E-state index is 13.1. The van der Waals surface area contributed by atoms with Crippen LogP contribution in [-0.2, 0) is 4.79 Å². The smallest absolute Gasteiger partial charge is 0.266 e. The summed E-state index contributed by atoms with van der Waals surface area (Å²) in [6.07, 6.45) is 3.44. The van der Waals surface area contributed by atoms with Crippen LogP contribution in [-0.4, -0.2) is 15.9 Å². The summed E-state index contributed by atoms with van der Waals surface area (Å²) in [6.45, 7) is 5.43. The van der Waals surface area contributed by atoms with Gasteiger partial charge in [0.05, 0.1) is 5.57 Å². The summed E-state index contributed by atoms with van der Waals surface area (Å²) in [7, 11) is 0. The second-order valence-corrected chi connectivity index (χ2v) is 5.49. The predicted octanol–water partition coefficient (Wildman–Crippen LogP) is 4.60. The van der Waals surface area contributed by atoms with Crippen molar-refractivity contribution in [3.05, 3.63) is 89.6 Å². The SMILES string of the molecule is C=C1c2ccccc2C=CN1C(=O)/C(=C(\C)O)c1ccc(F)cc1. The molecule has 1 aliphatic rings. The molecule has 4 heteroatoms. The van der Waals surface area contributed by atoms with E-state index < -0.39 is 11.7 Å². The van der Waals surface area contributed by atoms with Crippen LogP contribution < -0.4 is 0 Å². The van der Waals surface area contributed by atoms with Crippen LogP contribution in [0.5, 0.6) is 0 Å². The van der Waals surface area contributed by atoms with Crippen LogP contribution in [0, 0.1) is 5.82 Å². The number of aliphatic hydroxyl groups excluding tert-OH is 1. The van der Waals surface area contributed by atoms with Gasteiger partial charge in [0.25, 0.3) is 5.91 Å². The molecule has 3 nitrogen and oxygen atoms in total. The van der Waals surface area contributed by atoms with Crippen molar-refractivity contribution in [2.75, 3.05) is 0 Å². The fraction of sp³-hybridized carbons (Fsp3) is 0.0500. The predicted molar refractivity (Wildman–Crippen MR) is 93.0 cm³/mol. The van der Waals surface area contributed by atoms with E-state index in [1.807, 2.05) is 30.3 Å². The average Bonchev–Trinajstić information content (AvgIpc) is 2.57. The van der Waals surface area contributed by atoms with E-state index in [9.17, 15) is 14.3 Å². The van der Waals surface area contributed by atoms with Gasteiger partial charge in [-0.3, -0.25) is 9.69 Å². The number of nitrogens with zero attached hydrogens (tertiary/aromatic N) is 1. The number of hydrogen-bond acceptors (Lipinski definition) is 2. The van der Waals surface area contributed by atoms with Crippen LogP contribution in [0.3, 0.4) is 0 Å². The average molecular weight is 321 g/mol. The molecule has 24 heavy (non-hydrogen) atoms. The highest BCUT2D eigenvalue weighted by atomic mass is 19.1. The van der Waals surface area contributed by atoms with E-state index in [-0.39, 0.29) is 11.3 Å². The molecule has 0 saturated carbocycles. The Labute approximate surface area is 139 Å². The molecule has 0 aliphatic carbocycles. The number of aliphatic hydroxyl groups is 1. The summed E-state index contributed by atoms with van der Waals surface area (Å²) >= 11 is 0. The van der Waals surface area contributed by atoms with Crippen LogP contribution >= 0.6 is 0 Å². The quantitative estimate of drug-likeness (QED) is 0.649. The van der Waals surface area contributed by atoms with Crippen molar-refractivity contribution < 1.29 is 14.3 Å². The first-order valence-electron chi connectivity index (χ1n) is 7.45. The minimum Gasteiger partial charge on any atom is -0.512 e. The third-order valence-electron chi connectivity index (χ3n) is 3.89. The summed E-state index contributed by atoms with van der Waals surface area (Å²) < 4.78 is 13.1. The first-order chi connectivity index (χ1) is 11.5. The summed E-state index contributed by atoms with van der Waals surface area (Å²) in [5.74, 6) is -0.957. The minimum atomic E-state index is -0.419. The molecule has 0 atom stereocenters. The lowest BCUT2D eigenvalue weighted by atomic mass is 9.98. The van der Waals surface area contributed by atoms with Crippen molar-refractivity contribution in [1.29, 1.82) is 0 Å². The molecule has 3 rings (SSSR count). The van der Waals surface area contributed by atoms with E-state index in [1.54, 1.807) is 6.20 Å². The Morgan fingerprint density at radius 1 is 1.12 bits per heavy atom. The number of hydrogen-bond donors (Lipinski definition) is 1. The second-order valence-electron chi connectivity index (χ2n) is 5.49. The monoisotopic (exact) mass is 321 g/mol. The third kappa shape index (κ3) is 2.74. The highest BCUT2D eigenvalue weighted by Gasteiger charge is 2.26. The van der Waals surface area contributed by atoms with Gasteiger partial charge in [-0.15, -0.1) is 0 Å². The summed E-state index contributed by atoms with van der Waals surface area (Å²) in [6, 6.07) is 13.0. The van der Waals surface area contributed by atoms with Crippen LogP contribution in [0.25, 0.3) is 17.3 Å². The lowest BCUT2D eigenvalue weighted by Gasteiger charge is -2.27. The molecule has 0 fully saturated rings. The van der Waals surface area contributed by atoms with E-state index in [0.29, 0.717) is 11.3 Å². The number of fused-ring (bicyclic) bond motifs is 1. The zero-order valence-corrected chi connectivity index (χ0v) is 13.2. The number of allylic oxidation sites excluding steroid dienone is 1. The van der Waals surface area contributed by atoms with Gasteiger partial charge in [0.2, 0.25) is 0 Å². The first-order valence-corrected chi connectivity index (χ1v) is 7.45. The normalized spacial score (nSPS) is 14.2. The molecular weight excluding hydrogens is 305 g/mol. The van der Waals surface area contributed by atoms with E-state index in [1.165, 1.54) is 36.1 Å². The molecule has 1 heterocycles. The van der Waals surface area contributed by atoms with Crippen LogP contribution in [0.2, 0.25) is 0 Å². The highest BCUT2D eigenvalue weighted by molar-refractivity contribution is 6.22. The van der Waals surface area contributed by atoms with Gasteiger partial charge in [-0.2, -0.15) is 0 Å². The van der Waals surface area contributed by atoms with Crippen LogP contribution in [0.1, 0.15) is 23.6 Å². The van der Waals surface area contributed by atoms with E-state index >= 15 is 0 Å². The van der Waals surface area contributed by atoms with Crippen LogP contribution in [0.15, 0.2) is 67.1 Å². The first kappa shape index (κ1) is 15.7. The Balaban J connectivity index is 2.00. The fourth-order valence-electron chi connectivity index (χ4n) is 2.69. The van der Waals surface area contributed by atoms with Gasteiger partial charge >= 0.3 is 0 Å². The van der Waals surface area contributed by atoms with Crippen molar-refractivity contribution in [2.45, 2.75) is 6.92 Å². The number of carbonyl (C=O) groups excluding carboxylic acids is 1. The molecule has 2 aromatic rings. The molecule has 0 bridgehead atoms. The standard InChI is InChI=1S/C20H16FNO2/c1-13-18-6-4-3-5-15(18)11-12-22(13)20(24)19(14(2)23)16-7-9-17(21)10-8-16/h3-12,23H,1H2,2H3/b19-14+. The van der Waals surface area contributed by atoms with E-state index in [2.05, 4.69) is 6.58 Å². The second kappa shape index (κ2) is 6.16. The molecule has 1 aliphatic heterocycles. The lowest BCUT2D eigenvalue weighted by molar-refractivity contribution is -0.120. The Morgan fingerprint density at radius 2 is 1.79 bits per heavy atom. The third-order valence-corrected chi connectivity index (χ3v) is 3.89. The molecule has 1 N–H and O–H groups in total. The molecule has 0 unspecified atom stereocenters. The van der Waals surface area contributed by atoms with Gasteiger partial charge in [-0.05, 0) is 36.3 Å². The van der Waals surface area contributed by atoms with Crippen molar-refractivity contribution >= 4 is 23.3 Å². The summed E-state index contributed by atoms with van der Waals surface area (Å²) in [5, 5.41) is 10.0. The van der Waals surface area contributed by atoms with Gasteiger partial charge < -0.3 is 5.11 Å². The Hall–Kier alpha value is -3.14. The molecule has 1 amide bonds. The van der Waals surface area contributed by atoms with E-state index in [0.717, 1.165) is 11.1 Å². The summed E-state index contributed by atoms with van der Waals surface area (Å²) in [5.41, 5.74) is 2.91. The minimum absolute atomic E-state index is 0.111. The maximum Gasteiger partial charge on any atom is 0.266 e. The Kier molecular flexibility index (Phi) is 4.04. The van der Waals surface area contributed by atoms with Crippen molar-refractivity contribution in [3.63, 3.8) is 0 Å². The van der Waals surface area contributed by atoms with Gasteiger partial charge in [0, 0.05) is 17.5 Å². The van der Waals surface area contributed by atoms with Crippen molar-refractivity contribution in [2.24, 2.45) is 0 Å². The molecule has 120 valence electrons. The van der Waals surface area contributed by atoms with Crippen molar-refractivity contribution in [3.8, 4) is 0 Å². The largest absolute Gasteiger partial charge is 0.512 e. The molecule has 0 aromatic heterocycles. The molecule has 0 radical (unpaired) electrons. The lowest BCUT2D eigenvalue weighted by Crippen LogP contribution is -2.27. The van der Waals surface area contributed by atoms with Crippen molar-refractivity contribution in [1.82, 2.24) is 4.90 Å². The molecular formula is C20H16FNO2. The van der Waals surface area contributed by atoms with Gasteiger partial charge in [0.1, 0.15) is 11.6 Å². The zero-order chi connectivity index (χ0) is 17.3. The number of rotatable bonds is 2. The number of amides is 1. The summed E-state index contributed by atoms with van der Waals surface area (Å²) in [4.78, 5) is 14.3. The van der Waals surface area contributed by atoms with Gasteiger partial charge in [-0.25, -0.2) is 4.39 Å². The maximum absolute atomic E-state index is 13.1. The van der Waals surface area contributed by atoms with Gasteiger partial charge in [0.15, 0.2) is 0 Å². The molecule has 0 spiro atoms. The Bertz CT molecular complexity index is 875. The fourth-order valence-corrected chi connectivity index (χ4v) is 2.69. The Morgan fingerprint density at radius 3 is 2.46 bits per heavy atom. The number of benzene rings is 2.